The van der Waals surface area contributed by atoms with E-state index in [0.29, 0.717) is 17.6 Å². The lowest BCUT2D eigenvalue weighted by molar-refractivity contribution is 0.282. The summed E-state index contributed by atoms with van der Waals surface area (Å²) >= 11 is 1.58. The second kappa shape index (κ2) is 5.79. The maximum atomic E-state index is 12.1. The van der Waals surface area contributed by atoms with Crippen LogP contribution in [0.2, 0.25) is 0 Å². The molecule has 3 rings (SSSR count). The predicted molar refractivity (Wildman–Crippen MR) is 84.8 cm³/mol. The average Bonchev–Trinajstić information content (AvgIpc) is 2.92. The van der Waals surface area contributed by atoms with E-state index in [4.69, 9.17) is 5.11 Å². The SMILES string of the molecule is CCc1cc2c(=O)[nH]c(Cc3ccc(CO)cc3)nc2s1. The molecule has 0 saturated carbocycles. The molecule has 0 atom stereocenters. The number of hydrogen-bond donors (Lipinski definition) is 2. The van der Waals surface area contributed by atoms with Crippen LogP contribution >= 0.6 is 11.3 Å². The van der Waals surface area contributed by atoms with E-state index < -0.39 is 0 Å². The van der Waals surface area contributed by atoms with Gasteiger partial charge >= 0.3 is 0 Å². The number of aryl methyl sites for hydroxylation is 1. The second-order valence-corrected chi connectivity index (χ2v) is 6.06. The first-order valence-corrected chi connectivity index (χ1v) is 7.71. The topological polar surface area (TPSA) is 66.0 Å². The van der Waals surface area contributed by atoms with Crippen LogP contribution < -0.4 is 5.56 Å². The van der Waals surface area contributed by atoms with Crippen LogP contribution in [-0.2, 0) is 19.4 Å². The zero-order chi connectivity index (χ0) is 14.8. The van der Waals surface area contributed by atoms with E-state index in [9.17, 15) is 4.79 Å². The van der Waals surface area contributed by atoms with Gasteiger partial charge < -0.3 is 10.1 Å². The highest BCUT2D eigenvalue weighted by Crippen LogP contribution is 2.21. The number of benzene rings is 1. The molecule has 0 aliphatic carbocycles. The molecule has 0 fully saturated rings. The van der Waals surface area contributed by atoms with Gasteiger partial charge in [0.15, 0.2) is 0 Å². The number of aliphatic hydroxyl groups excluding tert-OH is 1. The number of fused-ring (bicyclic) bond motifs is 1. The minimum atomic E-state index is -0.0714. The summed E-state index contributed by atoms with van der Waals surface area (Å²) < 4.78 is 0. The molecule has 2 N–H and O–H groups in total. The van der Waals surface area contributed by atoms with Gasteiger partial charge in [-0.15, -0.1) is 11.3 Å². The second-order valence-electron chi connectivity index (χ2n) is 4.95. The summed E-state index contributed by atoms with van der Waals surface area (Å²) in [6, 6.07) is 9.58. The molecule has 0 radical (unpaired) electrons. The summed E-state index contributed by atoms with van der Waals surface area (Å²) in [5.41, 5.74) is 1.86. The Morgan fingerprint density at radius 1 is 1.24 bits per heavy atom. The Hall–Kier alpha value is -1.98. The fourth-order valence-electron chi connectivity index (χ4n) is 2.24. The van der Waals surface area contributed by atoms with Crippen LogP contribution in [0.1, 0.15) is 28.8 Å². The Bertz CT molecular complexity index is 818. The van der Waals surface area contributed by atoms with Crippen molar-refractivity contribution in [1.82, 2.24) is 9.97 Å². The molecule has 0 amide bonds. The fraction of sp³-hybridized carbons (Fsp3) is 0.250. The lowest BCUT2D eigenvalue weighted by Crippen LogP contribution is -2.10. The molecule has 0 bridgehead atoms. The van der Waals surface area contributed by atoms with Gasteiger partial charge in [-0.2, -0.15) is 0 Å². The predicted octanol–water partition coefficient (Wildman–Crippen LogP) is 2.63. The number of thiophene rings is 1. The highest BCUT2D eigenvalue weighted by Gasteiger charge is 2.08. The Balaban J connectivity index is 1.94. The lowest BCUT2D eigenvalue weighted by Gasteiger charge is -2.02. The van der Waals surface area contributed by atoms with Crippen molar-refractivity contribution in [3.63, 3.8) is 0 Å². The van der Waals surface area contributed by atoms with Crippen LogP contribution in [0.3, 0.4) is 0 Å². The van der Waals surface area contributed by atoms with Gasteiger partial charge in [0, 0.05) is 11.3 Å². The zero-order valence-corrected chi connectivity index (χ0v) is 12.5. The monoisotopic (exact) mass is 300 g/mol. The van der Waals surface area contributed by atoms with Gasteiger partial charge in [0.25, 0.3) is 5.56 Å². The molecule has 0 aliphatic heterocycles. The smallest absolute Gasteiger partial charge is 0.259 e. The average molecular weight is 300 g/mol. The first-order chi connectivity index (χ1) is 10.2. The molecular weight excluding hydrogens is 284 g/mol. The van der Waals surface area contributed by atoms with Gasteiger partial charge in [0.2, 0.25) is 0 Å². The van der Waals surface area contributed by atoms with Gasteiger partial charge in [0.05, 0.1) is 12.0 Å². The third kappa shape index (κ3) is 2.89. The van der Waals surface area contributed by atoms with Crippen molar-refractivity contribution in [3.8, 4) is 0 Å². The number of aliphatic hydroxyl groups is 1. The Morgan fingerprint density at radius 2 is 1.95 bits per heavy atom. The molecule has 0 saturated heterocycles. The van der Waals surface area contributed by atoms with E-state index in [1.807, 2.05) is 30.3 Å². The molecule has 2 aromatic heterocycles. The molecule has 3 aromatic rings. The van der Waals surface area contributed by atoms with Gasteiger partial charge in [-0.05, 0) is 23.6 Å². The fourth-order valence-corrected chi connectivity index (χ4v) is 3.23. The maximum Gasteiger partial charge on any atom is 0.259 e. The number of aromatic amines is 1. The molecule has 21 heavy (non-hydrogen) atoms. The number of nitrogens with zero attached hydrogens (tertiary/aromatic N) is 1. The summed E-state index contributed by atoms with van der Waals surface area (Å²) in [6.07, 6.45) is 1.49. The molecule has 5 heteroatoms. The van der Waals surface area contributed by atoms with E-state index in [1.165, 1.54) is 4.88 Å². The van der Waals surface area contributed by atoms with Gasteiger partial charge in [0.1, 0.15) is 10.7 Å². The summed E-state index contributed by atoms with van der Waals surface area (Å²) in [4.78, 5) is 21.5. The van der Waals surface area contributed by atoms with Gasteiger partial charge in [-0.3, -0.25) is 4.79 Å². The first-order valence-electron chi connectivity index (χ1n) is 6.90. The van der Waals surface area contributed by atoms with Crippen molar-refractivity contribution in [3.05, 3.63) is 62.5 Å². The standard InChI is InChI=1S/C16H16N2O2S/c1-2-12-8-13-15(20)17-14(18-16(13)21-12)7-10-3-5-11(9-19)6-4-10/h3-6,8,19H,2,7,9H2,1H3,(H,17,18,20). The summed E-state index contributed by atoms with van der Waals surface area (Å²) in [5, 5.41) is 9.72. The van der Waals surface area contributed by atoms with Crippen molar-refractivity contribution < 1.29 is 5.11 Å². The third-order valence-electron chi connectivity index (χ3n) is 3.43. The zero-order valence-electron chi connectivity index (χ0n) is 11.7. The van der Waals surface area contributed by atoms with Crippen LogP contribution in [0.5, 0.6) is 0 Å². The van der Waals surface area contributed by atoms with E-state index in [-0.39, 0.29) is 12.2 Å². The van der Waals surface area contributed by atoms with Crippen molar-refractivity contribution in [2.24, 2.45) is 0 Å². The number of aromatic nitrogens is 2. The minimum Gasteiger partial charge on any atom is -0.392 e. The molecular formula is C16H16N2O2S. The van der Waals surface area contributed by atoms with Crippen LogP contribution in [0, 0.1) is 0 Å². The number of nitrogens with one attached hydrogen (secondary N) is 1. The first kappa shape index (κ1) is 14.0. The normalized spacial score (nSPS) is 11.1. The Labute approximate surface area is 126 Å². The quantitative estimate of drug-likeness (QED) is 0.778. The van der Waals surface area contributed by atoms with Crippen LogP contribution in [-0.4, -0.2) is 15.1 Å². The van der Waals surface area contributed by atoms with Crippen LogP contribution in [0.15, 0.2) is 35.1 Å². The molecule has 0 aliphatic rings. The van der Waals surface area contributed by atoms with Crippen molar-refractivity contribution in [2.45, 2.75) is 26.4 Å². The molecule has 0 spiro atoms. The largest absolute Gasteiger partial charge is 0.392 e. The molecule has 0 unspecified atom stereocenters. The highest BCUT2D eigenvalue weighted by molar-refractivity contribution is 7.18. The lowest BCUT2D eigenvalue weighted by atomic mass is 10.1. The van der Waals surface area contributed by atoms with Crippen molar-refractivity contribution in [2.75, 3.05) is 0 Å². The van der Waals surface area contributed by atoms with Crippen LogP contribution in [0.25, 0.3) is 10.2 Å². The highest BCUT2D eigenvalue weighted by atomic mass is 32.1. The molecule has 2 heterocycles. The third-order valence-corrected chi connectivity index (χ3v) is 4.60. The summed E-state index contributed by atoms with van der Waals surface area (Å²) in [5.74, 6) is 0.675. The van der Waals surface area contributed by atoms with Crippen LogP contribution in [0.4, 0.5) is 0 Å². The number of hydrogen-bond acceptors (Lipinski definition) is 4. The van der Waals surface area contributed by atoms with Gasteiger partial charge in [-0.25, -0.2) is 4.98 Å². The Morgan fingerprint density at radius 3 is 2.62 bits per heavy atom. The maximum absolute atomic E-state index is 12.1. The van der Waals surface area contributed by atoms with E-state index in [2.05, 4.69) is 16.9 Å². The van der Waals surface area contributed by atoms with Crippen molar-refractivity contribution in [1.29, 1.82) is 0 Å². The number of H-pyrrole nitrogens is 1. The summed E-state index contributed by atoms with van der Waals surface area (Å²) in [6.45, 7) is 2.11. The molecule has 1 aromatic carbocycles. The molecule has 108 valence electrons. The van der Waals surface area contributed by atoms with E-state index >= 15 is 0 Å². The summed E-state index contributed by atoms with van der Waals surface area (Å²) in [7, 11) is 0. The van der Waals surface area contributed by atoms with Crippen molar-refractivity contribution >= 4 is 21.6 Å². The Kier molecular flexibility index (Phi) is 3.86. The minimum absolute atomic E-state index is 0.0380. The van der Waals surface area contributed by atoms with Gasteiger partial charge in [-0.1, -0.05) is 31.2 Å². The van der Waals surface area contributed by atoms with E-state index in [1.54, 1.807) is 11.3 Å². The number of rotatable bonds is 4. The van der Waals surface area contributed by atoms with E-state index in [0.717, 1.165) is 22.4 Å². The molecule has 4 nitrogen and oxygen atoms in total.